The Bertz CT molecular complexity index is 756. The molecule has 4 atom stereocenters. The maximum atomic E-state index is 12.7. The number of nitrogens with zero attached hydrogens (tertiary/aromatic N) is 1. The molecule has 0 spiro atoms. The number of hydrogen-bond acceptors (Lipinski definition) is 3. The van der Waals surface area contributed by atoms with Crippen LogP contribution < -0.4 is 5.32 Å². The van der Waals surface area contributed by atoms with Gasteiger partial charge in [0.2, 0.25) is 5.91 Å². The van der Waals surface area contributed by atoms with Crippen molar-refractivity contribution in [3.05, 3.63) is 47.5 Å². The third-order valence-corrected chi connectivity index (χ3v) is 7.47. The molecule has 25 heavy (non-hydrogen) atoms. The van der Waals surface area contributed by atoms with Gasteiger partial charge >= 0.3 is 0 Å². The SMILES string of the molecule is O=C(CC12C[C@H]3C[C@@H](C1)CC(c1ccccc1)(C3)C2)Nc1nccs1. The summed E-state index contributed by atoms with van der Waals surface area (Å²) in [5.41, 5.74) is 2.02. The van der Waals surface area contributed by atoms with Crippen molar-refractivity contribution in [3.8, 4) is 0 Å². The summed E-state index contributed by atoms with van der Waals surface area (Å²) in [6.07, 6.45) is 10.1. The molecule has 4 saturated carbocycles. The molecular weight excluding hydrogens is 328 g/mol. The summed E-state index contributed by atoms with van der Waals surface area (Å²) in [4.78, 5) is 16.9. The molecular formula is C21H24N2OS. The van der Waals surface area contributed by atoms with E-state index in [9.17, 15) is 4.79 Å². The van der Waals surface area contributed by atoms with Gasteiger partial charge in [0.25, 0.3) is 0 Å². The van der Waals surface area contributed by atoms with E-state index in [2.05, 4.69) is 40.6 Å². The van der Waals surface area contributed by atoms with Crippen molar-refractivity contribution >= 4 is 22.4 Å². The number of anilines is 1. The van der Waals surface area contributed by atoms with E-state index in [1.54, 1.807) is 6.20 Å². The van der Waals surface area contributed by atoms with E-state index >= 15 is 0 Å². The molecule has 1 aromatic carbocycles. The molecule has 4 aliphatic rings. The van der Waals surface area contributed by atoms with Gasteiger partial charge in [-0.3, -0.25) is 4.79 Å². The number of rotatable bonds is 4. The minimum Gasteiger partial charge on any atom is -0.302 e. The number of aromatic nitrogens is 1. The van der Waals surface area contributed by atoms with Crippen molar-refractivity contribution in [1.82, 2.24) is 4.98 Å². The minimum absolute atomic E-state index is 0.153. The summed E-state index contributed by atoms with van der Waals surface area (Å²) in [5.74, 6) is 1.75. The largest absolute Gasteiger partial charge is 0.302 e. The van der Waals surface area contributed by atoms with Gasteiger partial charge in [0.15, 0.2) is 5.13 Å². The normalized spacial score (nSPS) is 35.7. The van der Waals surface area contributed by atoms with Crippen LogP contribution in [0.15, 0.2) is 41.9 Å². The van der Waals surface area contributed by atoms with Gasteiger partial charge in [-0.25, -0.2) is 4.98 Å². The molecule has 0 aliphatic heterocycles. The van der Waals surface area contributed by atoms with Gasteiger partial charge in [0.1, 0.15) is 0 Å². The molecule has 0 radical (unpaired) electrons. The Labute approximate surface area is 152 Å². The van der Waals surface area contributed by atoms with Gasteiger partial charge < -0.3 is 5.32 Å². The number of carbonyl (C=O) groups is 1. The lowest BCUT2D eigenvalue weighted by molar-refractivity contribution is -0.126. The van der Waals surface area contributed by atoms with E-state index in [0.717, 1.165) is 17.0 Å². The second kappa shape index (κ2) is 5.66. The van der Waals surface area contributed by atoms with Crippen LogP contribution >= 0.6 is 11.3 Å². The zero-order chi connectivity index (χ0) is 16.9. The standard InChI is InChI=1S/C21H24N2OS/c24-18(23-19-22-6-7-25-19)13-20-9-15-8-16(10-20)12-21(11-15,14-20)17-4-2-1-3-5-17/h1-7,15-16H,8-14H2,(H,22,23,24)/t15-,16+,20?,21?. The molecule has 4 aliphatic carbocycles. The summed E-state index contributed by atoms with van der Waals surface area (Å²) < 4.78 is 0. The molecule has 2 unspecified atom stereocenters. The van der Waals surface area contributed by atoms with Crippen molar-refractivity contribution in [2.75, 3.05) is 5.32 Å². The highest BCUT2D eigenvalue weighted by molar-refractivity contribution is 7.13. The highest BCUT2D eigenvalue weighted by atomic mass is 32.1. The molecule has 4 fully saturated rings. The summed E-state index contributed by atoms with van der Waals surface area (Å²) in [5, 5.41) is 5.65. The predicted molar refractivity (Wildman–Crippen MR) is 101 cm³/mol. The summed E-state index contributed by atoms with van der Waals surface area (Å²) in [6, 6.07) is 11.1. The Morgan fingerprint density at radius 1 is 1.16 bits per heavy atom. The van der Waals surface area contributed by atoms with Crippen molar-refractivity contribution in [2.45, 2.75) is 50.4 Å². The van der Waals surface area contributed by atoms with Gasteiger partial charge in [-0.1, -0.05) is 30.3 Å². The summed E-state index contributed by atoms with van der Waals surface area (Å²) >= 11 is 1.50. The molecule has 1 heterocycles. The van der Waals surface area contributed by atoms with E-state index in [4.69, 9.17) is 0 Å². The highest BCUT2D eigenvalue weighted by Crippen LogP contribution is 2.66. The maximum absolute atomic E-state index is 12.7. The lowest BCUT2D eigenvalue weighted by atomic mass is 9.42. The first-order chi connectivity index (χ1) is 12.1. The van der Waals surface area contributed by atoms with E-state index < -0.39 is 0 Å². The Hall–Kier alpha value is -1.68. The minimum atomic E-state index is 0.153. The quantitative estimate of drug-likeness (QED) is 0.840. The van der Waals surface area contributed by atoms with Crippen LogP contribution in [0.3, 0.4) is 0 Å². The molecule has 0 saturated heterocycles. The second-order valence-corrected chi connectivity index (χ2v) is 9.56. The zero-order valence-corrected chi connectivity index (χ0v) is 15.2. The van der Waals surface area contributed by atoms with Crippen LogP contribution in [0.25, 0.3) is 0 Å². The Morgan fingerprint density at radius 2 is 1.92 bits per heavy atom. The molecule has 6 rings (SSSR count). The van der Waals surface area contributed by atoms with Gasteiger partial charge in [-0.15, -0.1) is 11.3 Å². The van der Waals surface area contributed by atoms with Gasteiger partial charge in [0, 0.05) is 18.0 Å². The third-order valence-electron chi connectivity index (χ3n) is 6.78. The Balaban J connectivity index is 1.41. The number of amides is 1. The molecule has 3 nitrogen and oxygen atoms in total. The number of thiazole rings is 1. The molecule has 1 amide bonds. The van der Waals surface area contributed by atoms with Gasteiger partial charge in [-0.05, 0) is 66.8 Å². The molecule has 1 aromatic heterocycles. The van der Waals surface area contributed by atoms with E-state index in [0.29, 0.717) is 11.8 Å². The van der Waals surface area contributed by atoms with Crippen LogP contribution in [-0.2, 0) is 10.2 Å². The number of benzene rings is 1. The fourth-order valence-electron chi connectivity index (χ4n) is 6.58. The van der Waals surface area contributed by atoms with Crippen molar-refractivity contribution in [1.29, 1.82) is 0 Å². The first kappa shape index (κ1) is 15.6. The van der Waals surface area contributed by atoms with Gasteiger partial charge in [-0.2, -0.15) is 0 Å². The van der Waals surface area contributed by atoms with Gasteiger partial charge in [0.05, 0.1) is 0 Å². The molecule has 130 valence electrons. The molecule has 1 N–H and O–H groups in total. The fourth-order valence-corrected chi connectivity index (χ4v) is 7.12. The van der Waals surface area contributed by atoms with E-state index in [-0.39, 0.29) is 11.3 Å². The zero-order valence-electron chi connectivity index (χ0n) is 14.4. The fraction of sp³-hybridized carbons (Fsp3) is 0.524. The summed E-state index contributed by atoms with van der Waals surface area (Å²) in [6.45, 7) is 0. The van der Waals surface area contributed by atoms with E-state index in [1.807, 2.05) is 5.38 Å². The number of nitrogens with one attached hydrogen (secondary N) is 1. The van der Waals surface area contributed by atoms with Crippen LogP contribution in [0.2, 0.25) is 0 Å². The lowest BCUT2D eigenvalue weighted by Gasteiger charge is -2.62. The Kier molecular flexibility index (Phi) is 3.53. The predicted octanol–water partition coefficient (Wildman–Crippen LogP) is 5.01. The average Bonchev–Trinajstić information content (AvgIpc) is 3.06. The second-order valence-electron chi connectivity index (χ2n) is 8.67. The topological polar surface area (TPSA) is 42.0 Å². The monoisotopic (exact) mass is 352 g/mol. The van der Waals surface area contributed by atoms with Crippen LogP contribution in [0.4, 0.5) is 5.13 Å². The average molecular weight is 353 g/mol. The number of carbonyl (C=O) groups excluding carboxylic acids is 1. The van der Waals surface area contributed by atoms with Crippen LogP contribution in [-0.4, -0.2) is 10.9 Å². The smallest absolute Gasteiger partial charge is 0.226 e. The Morgan fingerprint density at radius 3 is 2.60 bits per heavy atom. The maximum Gasteiger partial charge on any atom is 0.226 e. The van der Waals surface area contributed by atoms with Crippen LogP contribution in [0.1, 0.15) is 50.5 Å². The van der Waals surface area contributed by atoms with Crippen molar-refractivity contribution < 1.29 is 4.79 Å². The third kappa shape index (κ3) is 2.71. The van der Waals surface area contributed by atoms with E-state index in [1.165, 1.54) is 55.4 Å². The molecule has 2 aromatic rings. The first-order valence-electron chi connectivity index (χ1n) is 9.40. The summed E-state index contributed by atoms with van der Waals surface area (Å²) in [7, 11) is 0. The van der Waals surface area contributed by atoms with Crippen LogP contribution in [0, 0.1) is 17.3 Å². The highest BCUT2D eigenvalue weighted by Gasteiger charge is 2.58. The molecule has 4 heteroatoms. The van der Waals surface area contributed by atoms with Crippen molar-refractivity contribution in [3.63, 3.8) is 0 Å². The molecule has 4 bridgehead atoms. The lowest BCUT2D eigenvalue weighted by Crippen LogP contribution is -2.54. The number of hydrogen-bond donors (Lipinski definition) is 1. The van der Waals surface area contributed by atoms with Crippen LogP contribution in [0.5, 0.6) is 0 Å². The van der Waals surface area contributed by atoms with Crippen molar-refractivity contribution in [2.24, 2.45) is 17.3 Å². The first-order valence-corrected chi connectivity index (χ1v) is 10.3.